The summed E-state index contributed by atoms with van der Waals surface area (Å²) in [4.78, 5) is 7.34. The molecular weight excluding hydrogens is 260 g/mol. The molecule has 21 heavy (non-hydrogen) atoms. The maximum atomic E-state index is 4.69. The van der Waals surface area contributed by atoms with Gasteiger partial charge in [-0.15, -0.1) is 0 Å². The van der Waals surface area contributed by atoms with Gasteiger partial charge in [0.2, 0.25) is 0 Å². The molecule has 4 nitrogen and oxygen atoms in total. The molecule has 4 heteroatoms. The van der Waals surface area contributed by atoms with Crippen LogP contribution >= 0.6 is 0 Å². The minimum atomic E-state index is 0.0906. The third-order valence-electron chi connectivity index (χ3n) is 4.76. The van der Waals surface area contributed by atoms with E-state index < -0.39 is 0 Å². The first kappa shape index (κ1) is 16.5. The first-order valence-electron chi connectivity index (χ1n) is 8.60. The molecule has 2 rings (SSSR count). The van der Waals surface area contributed by atoms with E-state index in [0.717, 1.165) is 19.5 Å². The van der Waals surface area contributed by atoms with E-state index >= 15 is 0 Å². The molecule has 1 aromatic rings. The Bertz CT molecular complexity index is 418. The van der Waals surface area contributed by atoms with Gasteiger partial charge in [-0.05, 0) is 52.7 Å². The number of aryl methyl sites for hydroxylation is 1. The molecule has 1 N–H and O–H groups in total. The molecule has 1 aliphatic heterocycles. The summed E-state index contributed by atoms with van der Waals surface area (Å²) in [5, 5.41) is 3.70. The quantitative estimate of drug-likeness (QED) is 0.838. The molecule has 1 saturated heterocycles. The van der Waals surface area contributed by atoms with Crippen molar-refractivity contribution in [2.24, 2.45) is 0 Å². The highest BCUT2D eigenvalue weighted by Crippen LogP contribution is 2.32. The summed E-state index contributed by atoms with van der Waals surface area (Å²) < 4.78 is 2.32. The van der Waals surface area contributed by atoms with E-state index in [2.05, 4.69) is 53.7 Å². The highest BCUT2D eigenvalue weighted by Gasteiger charge is 2.38. The Kier molecular flexibility index (Phi) is 5.82. The Balaban J connectivity index is 2.25. The fourth-order valence-electron chi connectivity index (χ4n) is 3.52. The molecule has 1 atom stereocenters. The molecule has 120 valence electrons. The standard InChI is InChI=1S/C17H32N4/c1-5-11-20-14-10-19-16(20)15(18-6-2)17(3,4)21-12-8-7-9-13-21/h10,14-15,18H,5-9,11-13H2,1-4H3. The Morgan fingerprint density at radius 2 is 1.95 bits per heavy atom. The van der Waals surface area contributed by atoms with E-state index in [4.69, 9.17) is 0 Å². The molecule has 1 aliphatic rings. The third-order valence-corrected chi connectivity index (χ3v) is 4.76. The monoisotopic (exact) mass is 292 g/mol. The topological polar surface area (TPSA) is 33.1 Å². The van der Waals surface area contributed by atoms with Crippen LogP contribution in [0.2, 0.25) is 0 Å². The zero-order valence-electron chi connectivity index (χ0n) is 14.2. The van der Waals surface area contributed by atoms with Crippen molar-refractivity contribution in [3.63, 3.8) is 0 Å². The summed E-state index contributed by atoms with van der Waals surface area (Å²) in [5.74, 6) is 1.19. The Morgan fingerprint density at radius 1 is 1.24 bits per heavy atom. The van der Waals surface area contributed by atoms with Crippen LogP contribution in [-0.2, 0) is 6.54 Å². The molecule has 1 aromatic heterocycles. The number of hydrogen-bond donors (Lipinski definition) is 1. The van der Waals surface area contributed by atoms with E-state index in [0.29, 0.717) is 0 Å². The van der Waals surface area contributed by atoms with Crippen LogP contribution in [0.3, 0.4) is 0 Å². The third kappa shape index (κ3) is 3.67. The Hall–Kier alpha value is -0.870. The number of likely N-dealkylation sites (tertiary alicyclic amines) is 1. The first-order chi connectivity index (χ1) is 10.1. The second-order valence-corrected chi connectivity index (χ2v) is 6.67. The minimum absolute atomic E-state index is 0.0906. The number of nitrogens with one attached hydrogen (secondary N) is 1. The maximum absolute atomic E-state index is 4.69. The van der Waals surface area contributed by atoms with Crippen molar-refractivity contribution in [2.45, 2.75) is 71.5 Å². The lowest BCUT2D eigenvalue weighted by Crippen LogP contribution is -2.55. The van der Waals surface area contributed by atoms with Crippen LogP contribution in [0.15, 0.2) is 12.4 Å². The van der Waals surface area contributed by atoms with Gasteiger partial charge in [-0.1, -0.05) is 20.3 Å². The number of rotatable bonds is 7. The molecule has 0 saturated carbocycles. The fourth-order valence-corrected chi connectivity index (χ4v) is 3.52. The smallest absolute Gasteiger partial charge is 0.127 e. The van der Waals surface area contributed by atoms with Crippen LogP contribution in [0.1, 0.15) is 65.2 Å². The second-order valence-electron chi connectivity index (χ2n) is 6.67. The predicted octanol–water partition coefficient (Wildman–Crippen LogP) is 3.21. The van der Waals surface area contributed by atoms with Gasteiger partial charge in [0, 0.05) is 24.5 Å². The second kappa shape index (κ2) is 7.41. The molecule has 1 fully saturated rings. The number of piperidine rings is 1. The van der Waals surface area contributed by atoms with Crippen LogP contribution in [0, 0.1) is 0 Å². The van der Waals surface area contributed by atoms with E-state index in [9.17, 15) is 0 Å². The lowest BCUT2D eigenvalue weighted by atomic mass is 9.89. The summed E-state index contributed by atoms with van der Waals surface area (Å²) in [5.41, 5.74) is 0.0906. The average molecular weight is 292 g/mol. The van der Waals surface area contributed by atoms with Crippen molar-refractivity contribution in [2.75, 3.05) is 19.6 Å². The van der Waals surface area contributed by atoms with Crippen molar-refractivity contribution in [1.29, 1.82) is 0 Å². The van der Waals surface area contributed by atoms with E-state index in [1.807, 2.05) is 6.20 Å². The number of imidazole rings is 1. The zero-order valence-corrected chi connectivity index (χ0v) is 14.2. The van der Waals surface area contributed by atoms with Crippen molar-refractivity contribution in [1.82, 2.24) is 19.8 Å². The highest BCUT2D eigenvalue weighted by atomic mass is 15.2. The van der Waals surface area contributed by atoms with Crippen molar-refractivity contribution >= 4 is 0 Å². The average Bonchev–Trinajstić information content (AvgIpc) is 2.94. The van der Waals surface area contributed by atoms with Gasteiger partial charge in [0.1, 0.15) is 5.82 Å². The Morgan fingerprint density at radius 3 is 2.57 bits per heavy atom. The van der Waals surface area contributed by atoms with Crippen LogP contribution in [0.5, 0.6) is 0 Å². The number of likely N-dealkylation sites (N-methyl/N-ethyl adjacent to an activating group) is 1. The van der Waals surface area contributed by atoms with Crippen molar-refractivity contribution in [3.05, 3.63) is 18.2 Å². The lowest BCUT2D eigenvalue weighted by Gasteiger charge is -2.46. The van der Waals surface area contributed by atoms with Crippen LogP contribution in [-0.4, -0.2) is 39.6 Å². The van der Waals surface area contributed by atoms with E-state index in [-0.39, 0.29) is 11.6 Å². The molecule has 0 spiro atoms. The zero-order chi connectivity index (χ0) is 15.3. The number of nitrogens with zero attached hydrogens (tertiary/aromatic N) is 3. The molecule has 0 aliphatic carbocycles. The minimum Gasteiger partial charge on any atom is -0.334 e. The van der Waals surface area contributed by atoms with E-state index in [1.54, 1.807) is 0 Å². The number of hydrogen-bond acceptors (Lipinski definition) is 3. The predicted molar refractivity (Wildman–Crippen MR) is 88.4 cm³/mol. The van der Waals surface area contributed by atoms with Gasteiger partial charge in [0.05, 0.1) is 6.04 Å². The molecule has 0 radical (unpaired) electrons. The molecule has 1 unspecified atom stereocenters. The lowest BCUT2D eigenvalue weighted by molar-refractivity contribution is 0.0573. The van der Waals surface area contributed by atoms with Gasteiger partial charge in [-0.3, -0.25) is 4.90 Å². The molecule has 0 amide bonds. The van der Waals surface area contributed by atoms with Gasteiger partial charge >= 0.3 is 0 Å². The van der Waals surface area contributed by atoms with Crippen LogP contribution < -0.4 is 5.32 Å². The van der Waals surface area contributed by atoms with E-state index in [1.165, 1.54) is 38.2 Å². The largest absolute Gasteiger partial charge is 0.334 e. The highest BCUT2D eigenvalue weighted by molar-refractivity contribution is 5.09. The van der Waals surface area contributed by atoms with Crippen LogP contribution in [0.25, 0.3) is 0 Å². The molecule has 2 heterocycles. The summed E-state index contributed by atoms with van der Waals surface area (Å²) in [6.07, 6.45) is 9.24. The maximum Gasteiger partial charge on any atom is 0.127 e. The SMILES string of the molecule is CCCn1ccnc1C(NCC)C(C)(C)N1CCCCC1. The van der Waals surface area contributed by atoms with Crippen LogP contribution in [0.4, 0.5) is 0 Å². The number of aromatic nitrogens is 2. The Labute approximate surface area is 129 Å². The first-order valence-corrected chi connectivity index (χ1v) is 8.60. The summed E-state index contributed by atoms with van der Waals surface area (Å²) >= 11 is 0. The van der Waals surface area contributed by atoms with Crippen molar-refractivity contribution < 1.29 is 0 Å². The van der Waals surface area contributed by atoms with Gasteiger partial charge < -0.3 is 9.88 Å². The van der Waals surface area contributed by atoms with Gasteiger partial charge in [-0.2, -0.15) is 0 Å². The molecule has 0 aromatic carbocycles. The fraction of sp³-hybridized carbons (Fsp3) is 0.824. The summed E-state index contributed by atoms with van der Waals surface area (Å²) in [7, 11) is 0. The van der Waals surface area contributed by atoms with Crippen molar-refractivity contribution in [3.8, 4) is 0 Å². The molecular formula is C17H32N4. The van der Waals surface area contributed by atoms with Gasteiger partial charge in [-0.25, -0.2) is 4.98 Å². The van der Waals surface area contributed by atoms with Gasteiger partial charge in [0.15, 0.2) is 0 Å². The summed E-state index contributed by atoms with van der Waals surface area (Å²) in [6.45, 7) is 13.6. The molecule has 0 bridgehead atoms. The summed E-state index contributed by atoms with van der Waals surface area (Å²) in [6, 6.07) is 0.280. The normalized spacial score (nSPS) is 18.9. The van der Waals surface area contributed by atoms with Gasteiger partial charge in [0.25, 0.3) is 0 Å².